The first-order valence-electron chi connectivity index (χ1n) is 6.21. The van der Waals surface area contributed by atoms with Crippen molar-refractivity contribution < 1.29 is 5.11 Å². The minimum absolute atomic E-state index is 0.0576. The van der Waals surface area contributed by atoms with E-state index in [1.54, 1.807) is 0 Å². The second-order valence-corrected chi connectivity index (χ2v) is 5.37. The van der Waals surface area contributed by atoms with Crippen LogP contribution in [0.2, 0.25) is 5.02 Å². The van der Waals surface area contributed by atoms with Crippen LogP contribution >= 0.6 is 11.6 Å². The summed E-state index contributed by atoms with van der Waals surface area (Å²) in [6.07, 6.45) is 0.501. The SMILES string of the molecule is CC(O)C1c2ccccc2Cc2cc(Cl)ccc21. The molecule has 0 heterocycles. The van der Waals surface area contributed by atoms with Gasteiger partial charge >= 0.3 is 0 Å². The number of benzene rings is 2. The molecule has 0 saturated carbocycles. The Hall–Kier alpha value is -1.31. The van der Waals surface area contributed by atoms with E-state index in [1.807, 2.05) is 37.3 Å². The van der Waals surface area contributed by atoms with E-state index in [-0.39, 0.29) is 5.92 Å². The van der Waals surface area contributed by atoms with Crippen molar-refractivity contribution in [3.63, 3.8) is 0 Å². The van der Waals surface area contributed by atoms with Crippen LogP contribution in [0.25, 0.3) is 0 Å². The fraction of sp³-hybridized carbons (Fsp3) is 0.250. The van der Waals surface area contributed by atoms with Gasteiger partial charge in [0.25, 0.3) is 0 Å². The summed E-state index contributed by atoms with van der Waals surface area (Å²) in [5, 5.41) is 10.9. The first-order chi connectivity index (χ1) is 8.66. The highest BCUT2D eigenvalue weighted by atomic mass is 35.5. The minimum Gasteiger partial charge on any atom is -0.392 e. The van der Waals surface area contributed by atoms with Gasteiger partial charge in [-0.15, -0.1) is 0 Å². The average molecular weight is 259 g/mol. The summed E-state index contributed by atoms with van der Waals surface area (Å²) < 4.78 is 0. The van der Waals surface area contributed by atoms with Crippen molar-refractivity contribution >= 4 is 11.6 Å². The lowest BCUT2D eigenvalue weighted by molar-refractivity contribution is 0.175. The van der Waals surface area contributed by atoms with Crippen LogP contribution in [0, 0.1) is 0 Å². The van der Waals surface area contributed by atoms with Crippen LogP contribution in [0.5, 0.6) is 0 Å². The Bertz CT molecular complexity index is 589. The lowest BCUT2D eigenvalue weighted by atomic mass is 9.76. The van der Waals surface area contributed by atoms with E-state index in [1.165, 1.54) is 22.3 Å². The van der Waals surface area contributed by atoms with Gasteiger partial charge < -0.3 is 5.11 Å². The van der Waals surface area contributed by atoms with Gasteiger partial charge in [-0.05, 0) is 47.7 Å². The van der Waals surface area contributed by atoms with Gasteiger partial charge in [0.2, 0.25) is 0 Å². The van der Waals surface area contributed by atoms with Gasteiger partial charge in [-0.1, -0.05) is 41.9 Å². The normalized spacial score (nSPS) is 18.9. The molecular formula is C16H15ClO. The predicted octanol–water partition coefficient (Wildman–Crippen LogP) is 3.76. The number of rotatable bonds is 1. The molecular weight excluding hydrogens is 244 g/mol. The number of aliphatic hydroxyl groups is 1. The minimum atomic E-state index is -0.397. The molecule has 0 aliphatic heterocycles. The molecule has 0 fully saturated rings. The van der Waals surface area contributed by atoms with Gasteiger partial charge in [0.05, 0.1) is 6.10 Å². The maximum Gasteiger partial charge on any atom is 0.0621 e. The molecule has 1 nitrogen and oxygen atoms in total. The molecule has 2 heteroatoms. The number of hydrogen-bond acceptors (Lipinski definition) is 1. The zero-order valence-electron chi connectivity index (χ0n) is 10.2. The molecule has 0 saturated heterocycles. The van der Waals surface area contributed by atoms with E-state index >= 15 is 0 Å². The summed E-state index contributed by atoms with van der Waals surface area (Å²) in [5.74, 6) is 0.0576. The molecule has 1 aliphatic carbocycles. The zero-order valence-corrected chi connectivity index (χ0v) is 11.0. The number of aliphatic hydroxyl groups excluding tert-OH is 1. The highest BCUT2D eigenvalue weighted by Crippen LogP contribution is 2.39. The topological polar surface area (TPSA) is 20.2 Å². The van der Waals surface area contributed by atoms with Crippen LogP contribution in [0.4, 0.5) is 0 Å². The van der Waals surface area contributed by atoms with Gasteiger partial charge in [-0.3, -0.25) is 0 Å². The van der Waals surface area contributed by atoms with Crippen molar-refractivity contribution in [2.75, 3.05) is 0 Å². The maximum absolute atomic E-state index is 10.1. The largest absolute Gasteiger partial charge is 0.392 e. The second-order valence-electron chi connectivity index (χ2n) is 4.94. The zero-order chi connectivity index (χ0) is 12.7. The lowest BCUT2D eigenvalue weighted by Crippen LogP contribution is -2.22. The predicted molar refractivity (Wildman–Crippen MR) is 74.2 cm³/mol. The van der Waals surface area contributed by atoms with Gasteiger partial charge in [-0.25, -0.2) is 0 Å². The first kappa shape index (κ1) is 11.8. The molecule has 0 bridgehead atoms. The molecule has 1 aliphatic rings. The van der Waals surface area contributed by atoms with Crippen molar-refractivity contribution in [1.82, 2.24) is 0 Å². The van der Waals surface area contributed by atoms with E-state index in [4.69, 9.17) is 11.6 Å². The van der Waals surface area contributed by atoms with Crippen LogP contribution in [-0.4, -0.2) is 11.2 Å². The van der Waals surface area contributed by atoms with Crippen LogP contribution in [0.15, 0.2) is 42.5 Å². The highest BCUT2D eigenvalue weighted by molar-refractivity contribution is 6.30. The Labute approximate surface area is 112 Å². The number of fused-ring (bicyclic) bond motifs is 2. The Kier molecular flexibility index (Phi) is 2.89. The van der Waals surface area contributed by atoms with E-state index in [0.717, 1.165) is 11.4 Å². The van der Waals surface area contributed by atoms with Crippen LogP contribution in [0.3, 0.4) is 0 Å². The molecule has 0 spiro atoms. The average Bonchev–Trinajstić information content (AvgIpc) is 2.35. The standard InChI is InChI=1S/C16H15ClO/c1-10(18)16-14-5-3-2-4-11(14)8-12-9-13(17)6-7-15(12)16/h2-7,9-10,16,18H,8H2,1H3. The third kappa shape index (κ3) is 1.84. The number of halogens is 1. The molecule has 0 amide bonds. The van der Waals surface area contributed by atoms with Gasteiger partial charge in [-0.2, -0.15) is 0 Å². The maximum atomic E-state index is 10.1. The summed E-state index contributed by atoms with van der Waals surface area (Å²) >= 11 is 6.07. The molecule has 1 N–H and O–H groups in total. The summed E-state index contributed by atoms with van der Waals surface area (Å²) in [5.41, 5.74) is 4.96. The third-order valence-corrected chi connectivity index (χ3v) is 3.93. The molecule has 0 radical (unpaired) electrons. The summed E-state index contributed by atoms with van der Waals surface area (Å²) in [7, 11) is 0. The molecule has 2 aromatic rings. The molecule has 92 valence electrons. The molecule has 0 aromatic heterocycles. The van der Waals surface area contributed by atoms with E-state index in [9.17, 15) is 5.11 Å². The van der Waals surface area contributed by atoms with E-state index in [0.29, 0.717) is 0 Å². The van der Waals surface area contributed by atoms with Crippen molar-refractivity contribution in [3.8, 4) is 0 Å². The Morgan fingerprint density at radius 3 is 2.61 bits per heavy atom. The molecule has 2 aromatic carbocycles. The van der Waals surface area contributed by atoms with Crippen LogP contribution in [0.1, 0.15) is 35.1 Å². The number of hydrogen-bond donors (Lipinski definition) is 1. The van der Waals surface area contributed by atoms with E-state index < -0.39 is 6.10 Å². The van der Waals surface area contributed by atoms with E-state index in [2.05, 4.69) is 12.1 Å². The highest BCUT2D eigenvalue weighted by Gasteiger charge is 2.28. The Balaban J connectivity index is 2.20. The Morgan fingerprint density at radius 2 is 1.83 bits per heavy atom. The Morgan fingerprint density at radius 1 is 1.11 bits per heavy atom. The van der Waals surface area contributed by atoms with Crippen molar-refractivity contribution in [2.45, 2.75) is 25.4 Å². The lowest BCUT2D eigenvalue weighted by Gasteiger charge is -2.30. The van der Waals surface area contributed by atoms with Crippen LogP contribution < -0.4 is 0 Å². The smallest absolute Gasteiger partial charge is 0.0621 e. The molecule has 2 atom stereocenters. The fourth-order valence-corrected chi connectivity index (χ4v) is 3.12. The van der Waals surface area contributed by atoms with Crippen LogP contribution in [-0.2, 0) is 6.42 Å². The summed E-state index contributed by atoms with van der Waals surface area (Å²) in [6.45, 7) is 1.85. The van der Waals surface area contributed by atoms with Gasteiger partial charge in [0.15, 0.2) is 0 Å². The van der Waals surface area contributed by atoms with Crippen molar-refractivity contribution in [2.24, 2.45) is 0 Å². The third-order valence-electron chi connectivity index (χ3n) is 3.69. The quantitative estimate of drug-likeness (QED) is 0.826. The first-order valence-corrected chi connectivity index (χ1v) is 6.59. The molecule has 2 unspecified atom stereocenters. The summed E-state index contributed by atoms with van der Waals surface area (Å²) in [6, 6.07) is 14.3. The molecule has 18 heavy (non-hydrogen) atoms. The fourth-order valence-electron chi connectivity index (χ4n) is 2.92. The summed E-state index contributed by atoms with van der Waals surface area (Å²) in [4.78, 5) is 0. The molecule has 3 rings (SSSR count). The van der Waals surface area contributed by atoms with Crippen molar-refractivity contribution in [1.29, 1.82) is 0 Å². The van der Waals surface area contributed by atoms with Gasteiger partial charge in [0.1, 0.15) is 0 Å². The second kappa shape index (κ2) is 4.42. The monoisotopic (exact) mass is 258 g/mol. The van der Waals surface area contributed by atoms with Gasteiger partial charge in [0, 0.05) is 10.9 Å². The van der Waals surface area contributed by atoms with Crippen molar-refractivity contribution in [3.05, 3.63) is 69.7 Å².